The van der Waals surface area contributed by atoms with Crippen molar-refractivity contribution in [1.82, 2.24) is 14.5 Å². The molecule has 1 N–H and O–H groups in total. The number of hydrogen-bond acceptors (Lipinski definition) is 6. The molecule has 162 valence electrons. The molecule has 1 fully saturated rings. The topological polar surface area (TPSA) is 86.5 Å². The van der Waals surface area contributed by atoms with Gasteiger partial charge in [0.1, 0.15) is 12.4 Å². The van der Waals surface area contributed by atoms with E-state index in [1.807, 2.05) is 4.57 Å². The summed E-state index contributed by atoms with van der Waals surface area (Å²) in [6, 6.07) is 8.80. The van der Waals surface area contributed by atoms with Gasteiger partial charge in [-0.05, 0) is 36.6 Å². The number of carbonyl (C=O) groups is 1. The Labute approximate surface area is 175 Å². The van der Waals surface area contributed by atoms with Gasteiger partial charge in [-0.1, -0.05) is 12.1 Å². The number of benzene rings is 1. The van der Waals surface area contributed by atoms with Crippen molar-refractivity contribution in [3.8, 4) is 22.9 Å². The van der Waals surface area contributed by atoms with Crippen molar-refractivity contribution in [3.05, 3.63) is 60.2 Å². The molecule has 10 heteroatoms. The highest BCUT2D eigenvalue weighted by atomic mass is 19.4. The minimum Gasteiger partial charge on any atom is -0.493 e. The van der Waals surface area contributed by atoms with Crippen LogP contribution >= 0.6 is 0 Å². The molecular formula is C21H18F3N3O4. The number of pyridine rings is 1. The van der Waals surface area contributed by atoms with Crippen molar-refractivity contribution in [1.29, 1.82) is 0 Å². The van der Waals surface area contributed by atoms with Crippen molar-refractivity contribution in [2.24, 2.45) is 0 Å². The quantitative estimate of drug-likeness (QED) is 0.536. The van der Waals surface area contributed by atoms with Crippen molar-refractivity contribution >= 4 is 6.47 Å². The van der Waals surface area contributed by atoms with Gasteiger partial charge >= 0.3 is 6.36 Å². The predicted octanol–water partition coefficient (Wildman–Crippen LogP) is 4.19. The number of hydrogen-bond donors (Lipinski definition) is 1. The summed E-state index contributed by atoms with van der Waals surface area (Å²) in [6.45, 7) is 0.299. The first kappa shape index (κ1) is 20.7. The summed E-state index contributed by atoms with van der Waals surface area (Å²) >= 11 is 0. The zero-order valence-corrected chi connectivity index (χ0v) is 16.1. The largest absolute Gasteiger partial charge is 0.573 e. The number of halogens is 3. The van der Waals surface area contributed by atoms with E-state index in [9.17, 15) is 23.1 Å². The van der Waals surface area contributed by atoms with E-state index < -0.39 is 12.3 Å². The Morgan fingerprint density at radius 1 is 1.16 bits per heavy atom. The monoisotopic (exact) mass is 433 g/mol. The van der Waals surface area contributed by atoms with E-state index in [4.69, 9.17) is 4.74 Å². The molecule has 0 amide bonds. The van der Waals surface area contributed by atoms with Crippen LogP contribution < -0.4 is 4.74 Å². The van der Waals surface area contributed by atoms with Gasteiger partial charge in [0.05, 0.1) is 23.6 Å². The average Bonchev–Trinajstić information content (AvgIpc) is 3.48. The summed E-state index contributed by atoms with van der Waals surface area (Å²) in [5, 5.41) is 9.50. The van der Waals surface area contributed by atoms with E-state index in [-0.39, 0.29) is 24.3 Å². The predicted molar refractivity (Wildman–Crippen MR) is 102 cm³/mol. The molecule has 1 saturated carbocycles. The maximum Gasteiger partial charge on any atom is 0.573 e. The summed E-state index contributed by atoms with van der Waals surface area (Å²) in [6.07, 6.45) is 0.332. The Hall–Kier alpha value is -3.56. The molecule has 3 aromatic rings. The standard InChI is InChI=1S/C21H18F3N3O4/c22-21(23,24)31-16-6-1-13(2-7-16)17(10-30-12-28)20-19(14-3-8-18(29)25-9-14)26-11-27(20)15-4-5-15/h1-3,6-9,11-12,15,17H,4-5,10H2,(H,25,29). The normalized spacial score (nSPS) is 14.8. The van der Waals surface area contributed by atoms with Crippen LogP contribution in [0.2, 0.25) is 0 Å². The van der Waals surface area contributed by atoms with Crippen LogP contribution in [0.25, 0.3) is 11.3 Å². The lowest BCUT2D eigenvalue weighted by Gasteiger charge is -2.21. The molecule has 0 saturated heterocycles. The molecule has 1 atom stereocenters. The maximum atomic E-state index is 12.5. The van der Waals surface area contributed by atoms with E-state index in [1.165, 1.54) is 36.5 Å². The van der Waals surface area contributed by atoms with E-state index in [2.05, 4.69) is 14.7 Å². The van der Waals surface area contributed by atoms with Crippen LogP contribution in [0.15, 0.2) is 48.9 Å². The Morgan fingerprint density at radius 3 is 2.48 bits per heavy atom. The second-order valence-electron chi connectivity index (χ2n) is 7.12. The minimum atomic E-state index is -4.79. The molecule has 0 spiro atoms. The van der Waals surface area contributed by atoms with Crippen molar-refractivity contribution in [2.45, 2.75) is 31.2 Å². The fourth-order valence-electron chi connectivity index (χ4n) is 3.48. The molecule has 2 heterocycles. The highest BCUT2D eigenvalue weighted by molar-refractivity contribution is 5.63. The van der Waals surface area contributed by atoms with Crippen molar-refractivity contribution < 1.29 is 32.5 Å². The minimum absolute atomic E-state index is 0.0279. The first-order valence-electron chi connectivity index (χ1n) is 9.49. The molecule has 4 rings (SSSR count). The van der Waals surface area contributed by atoms with Gasteiger partial charge in [-0.2, -0.15) is 0 Å². The number of nitrogens with zero attached hydrogens (tertiary/aromatic N) is 3. The van der Waals surface area contributed by atoms with Crippen molar-refractivity contribution in [3.63, 3.8) is 0 Å². The third-order valence-corrected chi connectivity index (χ3v) is 4.97. The third kappa shape index (κ3) is 4.79. The molecule has 31 heavy (non-hydrogen) atoms. The van der Waals surface area contributed by atoms with Gasteiger partial charge in [-0.3, -0.25) is 4.79 Å². The van der Waals surface area contributed by atoms with Gasteiger partial charge in [0.25, 0.3) is 6.47 Å². The van der Waals surface area contributed by atoms with Crippen molar-refractivity contribution in [2.75, 3.05) is 6.61 Å². The van der Waals surface area contributed by atoms with Crippen LogP contribution in [-0.2, 0) is 9.53 Å². The number of alkyl halides is 3. The van der Waals surface area contributed by atoms with Gasteiger partial charge in [-0.25, -0.2) is 9.97 Å². The van der Waals surface area contributed by atoms with Gasteiger partial charge in [0.15, 0.2) is 0 Å². The molecule has 1 aliphatic carbocycles. The fraction of sp³-hybridized carbons (Fsp3) is 0.286. The molecular weight excluding hydrogens is 415 g/mol. The number of aromatic nitrogens is 3. The summed E-state index contributed by atoms with van der Waals surface area (Å²) in [4.78, 5) is 19.3. The van der Waals surface area contributed by atoms with Crippen LogP contribution in [-0.4, -0.2) is 39.1 Å². The molecule has 0 aliphatic heterocycles. The number of aromatic hydroxyl groups is 1. The van der Waals surface area contributed by atoms with Gasteiger partial charge in [0.2, 0.25) is 5.88 Å². The average molecular weight is 433 g/mol. The number of ether oxygens (including phenoxy) is 2. The fourth-order valence-corrected chi connectivity index (χ4v) is 3.48. The lowest BCUT2D eigenvalue weighted by molar-refractivity contribution is -0.274. The summed E-state index contributed by atoms with van der Waals surface area (Å²) < 4.78 is 48.5. The lowest BCUT2D eigenvalue weighted by Crippen LogP contribution is -2.17. The summed E-state index contributed by atoms with van der Waals surface area (Å²) in [5.41, 5.74) is 2.63. The van der Waals surface area contributed by atoms with Crippen LogP contribution in [0, 0.1) is 0 Å². The Kier molecular flexibility index (Phi) is 5.53. The molecule has 0 bridgehead atoms. The highest BCUT2D eigenvalue weighted by Crippen LogP contribution is 2.42. The zero-order valence-electron chi connectivity index (χ0n) is 16.1. The van der Waals surface area contributed by atoms with E-state index in [0.717, 1.165) is 18.5 Å². The second-order valence-corrected chi connectivity index (χ2v) is 7.12. The van der Waals surface area contributed by atoms with Gasteiger partial charge in [-0.15, -0.1) is 13.2 Å². The van der Waals surface area contributed by atoms with E-state index in [0.29, 0.717) is 23.3 Å². The van der Waals surface area contributed by atoms with Crippen LogP contribution in [0.1, 0.15) is 36.1 Å². The maximum absolute atomic E-state index is 12.5. The van der Waals surface area contributed by atoms with E-state index >= 15 is 0 Å². The molecule has 0 radical (unpaired) electrons. The number of imidazole rings is 1. The van der Waals surface area contributed by atoms with Crippen LogP contribution in [0.4, 0.5) is 13.2 Å². The zero-order chi connectivity index (χ0) is 22.0. The Balaban J connectivity index is 1.76. The smallest absolute Gasteiger partial charge is 0.493 e. The van der Waals surface area contributed by atoms with Crippen LogP contribution in [0.3, 0.4) is 0 Å². The molecule has 7 nitrogen and oxygen atoms in total. The second kappa shape index (κ2) is 8.29. The number of rotatable bonds is 8. The van der Waals surface area contributed by atoms with Gasteiger partial charge < -0.3 is 19.1 Å². The first-order chi connectivity index (χ1) is 14.9. The van der Waals surface area contributed by atoms with Gasteiger partial charge in [0, 0.05) is 23.9 Å². The Morgan fingerprint density at radius 2 is 1.90 bits per heavy atom. The summed E-state index contributed by atoms with van der Waals surface area (Å²) in [7, 11) is 0. The molecule has 1 aromatic carbocycles. The summed E-state index contributed by atoms with van der Waals surface area (Å²) in [5.74, 6) is -0.963. The molecule has 1 unspecified atom stereocenters. The van der Waals surface area contributed by atoms with E-state index in [1.54, 1.807) is 12.4 Å². The lowest BCUT2D eigenvalue weighted by atomic mass is 9.93. The molecule has 1 aliphatic rings. The van der Waals surface area contributed by atoms with Crippen LogP contribution in [0.5, 0.6) is 11.6 Å². The number of carbonyl (C=O) groups excluding carboxylic acids is 1. The first-order valence-corrected chi connectivity index (χ1v) is 9.49. The third-order valence-electron chi connectivity index (χ3n) is 4.97. The SMILES string of the molecule is O=COCC(c1ccc(OC(F)(F)F)cc1)c1c(-c2ccc(O)nc2)ncn1C1CC1. The highest BCUT2D eigenvalue weighted by Gasteiger charge is 2.33. The Bertz CT molecular complexity index is 1050. The molecule has 2 aromatic heterocycles.